The summed E-state index contributed by atoms with van der Waals surface area (Å²) < 4.78 is 18.9. The fourth-order valence-corrected chi connectivity index (χ4v) is 1.97. The average molecular weight is 274 g/mol. The van der Waals surface area contributed by atoms with Crippen LogP contribution in [0.25, 0.3) is 0 Å². The first kappa shape index (κ1) is 15.4. The Hall–Kier alpha value is -0.640. The minimum Gasteiger partial charge on any atom is -0.377 e. The monoisotopic (exact) mass is 273 g/mol. The predicted octanol–water partition coefficient (Wildman–Crippen LogP) is 3.42. The zero-order valence-electron chi connectivity index (χ0n) is 11.4. The van der Waals surface area contributed by atoms with Crippen LogP contribution in [0.3, 0.4) is 0 Å². The summed E-state index contributed by atoms with van der Waals surface area (Å²) in [5, 5.41) is 3.53. The van der Waals surface area contributed by atoms with Crippen molar-refractivity contribution in [3.8, 4) is 0 Å². The Kier molecular flexibility index (Phi) is 5.57. The maximum absolute atomic E-state index is 13.4. The van der Waals surface area contributed by atoms with Crippen LogP contribution in [0, 0.1) is 5.82 Å². The third-order valence-corrected chi connectivity index (χ3v) is 3.55. The van der Waals surface area contributed by atoms with Crippen LogP contribution in [0.15, 0.2) is 18.2 Å². The van der Waals surface area contributed by atoms with E-state index in [1.807, 2.05) is 26.8 Å². The van der Waals surface area contributed by atoms with Crippen molar-refractivity contribution in [1.29, 1.82) is 0 Å². The molecule has 102 valence electrons. The molecule has 1 aromatic carbocycles. The highest BCUT2D eigenvalue weighted by Crippen LogP contribution is 2.21. The molecule has 18 heavy (non-hydrogen) atoms. The third kappa shape index (κ3) is 3.94. The van der Waals surface area contributed by atoms with Crippen molar-refractivity contribution in [1.82, 2.24) is 5.32 Å². The number of halogens is 2. The van der Waals surface area contributed by atoms with Gasteiger partial charge in [-0.15, -0.1) is 0 Å². The zero-order chi connectivity index (χ0) is 13.8. The van der Waals surface area contributed by atoms with Gasteiger partial charge in [-0.3, -0.25) is 0 Å². The van der Waals surface area contributed by atoms with Gasteiger partial charge in [-0.2, -0.15) is 0 Å². The van der Waals surface area contributed by atoms with Gasteiger partial charge in [0.05, 0.1) is 10.6 Å². The van der Waals surface area contributed by atoms with Gasteiger partial charge in [-0.25, -0.2) is 4.39 Å². The number of benzene rings is 1. The van der Waals surface area contributed by atoms with Gasteiger partial charge in [0.25, 0.3) is 0 Å². The Morgan fingerprint density at radius 3 is 2.61 bits per heavy atom. The highest BCUT2D eigenvalue weighted by atomic mass is 35.5. The molecule has 4 heteroatoms. The van der Waals surface area contributed by atoms with Crippen LogP contribution in [0.2, 0.25) is 5.02 Å². The maximum atomic E-state index is 13.4. The van der Waals surface area contributed by atoms with E-state index in [-0.39, 0.29) is 22.5 Å². The van der Waals surface area contributed by atoms with Gasteiger partial charge in [0.2, 0.25) is 0 Å². The molecule has 2 nitrogen and oxygen atoms in total. The molecular formula is C14H21ClFNO. The van der Waals surface area contributed by atoms with E-state index in [9.17, 15) is 4.39 Å². The highest BCUT2D eigenvalue weighted by molar-refractivity contribution is 6.30. The van der Waals surface area contributed by atoms with Gasteiger partial charge >= 0.3 is 0 Å². The topological polar surface area (TPSA) is 21.3 Å². The van der Waals surface area contributed by atoms with E-state index in [0.717, 1.165) is 12.1 Å². The molecule has 0 radical (unpaired) electrons. The standard InChI is InChI=1S/C14H21ClFNO/c1-5-17-13(14(2,3)18-4)9-10-6-7-11(15)12(16)8-10/h6-8,13,17H,5,9H2,1-4H3. The van der Waals surface area contributed by atoms with Crippen LogP contribution in [-0.2, 0) is 11.2 Å². The lowest BCUT2D eigenvalue weighted by atomic mass is 9.92. The Bertz CT molecular complexity index is 395. The van der Waals surface area contributed by atoms with E-state index >= 15 is 0 Å². The number of likely N-dealkylation sites (N-methyl/N-ethyl adjacent to an activating group) is 1. The van der Waals surface area contributed by atoms with Crippen molar-refractivity contribution < 1.29 is 9.13 Å². The molecule has 0 heterocycles. The molecular weight excluding hydrogens is 253 g/mol. The van der Waals surface area contributed by atoms with Crippen LogP contribution < -0.4 is 5.32 Å². The first-order chi connectivity index (χ1) is 8.40. The second-order valence-electron chi connectivity index (χ2n) is 4.87. The van der Waals surface area contributed by atoms with Gasteiger partial charge in [0.1, 0.15) is 5.82 Å². The number of hydrogen-bond donors (Lipinski definition) is 1. The quantitative estimate of drug-likeness (QED) is 0.857. The van der Waals surface area contributed by atoms with Gasteiger partial charge < -0.3 is 10.1 Å². The molecule has 0 aliphatic rings. The smallest absolute Gasteiger partial charge is 0.142 e. The summed E-state index contributed by atoms with van der Waals surface area (Å²) in [6.07, 6.45) is 0.697. The van der Waals surface area contributed by atoms with Crippen LogP contribution >= 0.6 is 11.6 Å². The molecule has 1 unspecified atom stereocenters. The van der Waals surface area contributed by atoms with Crippen molar-refractivity contribution in [2.45, 2.75) is 38.8 Å². The molecule has 0 saturated heterocycles. The molecule has 0 fully saturated rings. The summed E-state index contributed by atoms with van der Waals surface area (Å²) in [5.41, 5.74) is 0.597. The Labute approximate surface area is 113 Å². The molecule has 0 aliphatic carbocycles. The van der Waals surface area contributed by atoms with E-state index in [1.54, 1.807) is 13.2 Å². The summed E-state index contributed by atoms with van der Waals surface area (Å²) in [4.78, 5) is 0. The van der Waals surface area contributed by atoms with Crippen molar-refractivity contribution in [3.63, 3.8) is 0 Å². The lowest BCUT2D eigenvalue weighted by Gasteiger charge is -2.34. The Morgan fingerprint density at radius 2 is 2.11 bits per heavy atom. The summed E-state index contributed by atoms with van der Waals surface area (Å²) >= 11 is 5.68. The number of rotatable bonds is 6. The molecule has 1 rings (SSSR count). The van der Waals surface area contributed by atoms with E-state index in [1.165, 1.54) is 6.07 Å². The van der Waals surface area contributed by atoms with Crippen LogP contribution in [0.4, 0.5) is 4.39 Å². The summed E-state index contributed by atoms with van der Waals surface area (Å²) in [5.74, 6) is -0.375. The first-order valence-corrected chi connectivity index (χ1v) is 6.51. The van der Waals surface area contributed by atoms with Crippen molar-refractivity contribution >= 4 is 11.6 Å². The molecule has 0 amide bonds. The van der Waals surface area contributed by atoms with Gasteiger partial charge in [-0.1, -0.05) is 24.6 Å². The SMILES string of the molecule is CCNC(Cc1ccc(Cl)c(F)c1)C(C)(C)OC. The predicted molar refractivity (Wildman–Crippen MR) is 73.7 cm³/mol. The Balaban J connectivity index is 2.86. The molecule has 1 N–H and O–H groups in total. The van der Waals surface area contributed by atoms with E-state index in [4.69, 9.17) is 16.3 Å². The van der Waals surface area contributed by atoms with Crippen LogP contribution in [0.5, 0.6) is 0 Å². The lowest BCUT2D eigenvalue weighted by Crippen LogP contribution is -2.49. The molecule has 0 spiro atoms. The second-order valence-corrected chi connectivity index (χ2v) is 5.28. The highest BCUT2D eigenvalue weighted by Gasteiger charge is 2.28. The van der Waals surface area contributed by atoms with Gasteiger partial charge in [0.15, 0.2) is 0 Å². The average Bonchev–Trinajstić information content (AvgIpc) is 2.33. The second kappa shape index (κ2) is 6.50. The van der Waals surface area contributed by atoms with Crippen LogP contribution in [0.1, 0.15) is 26.3 Å². The molecule has 0 saturated carbocycles. The number of hydrogen-bond acceptors (Lipinski definition) is 2. The number of methoxy groups -OCH3 is 1. The van der Waals surface area contributed by atoms with Crippen molar-refractivity contribution in [2.24, 2.45) is 0 Å². The Morgan fingerprint density at radius 1 is 1.44 bits per heavy atom. The normalized spacial score (nSPS) is 13.7. The largest absolute Gasteiger partial charge is 0.377 e. The summed E-state index contributed by atoms with van der Waals surface area (Å²) in [7, 11) is 1.69. The third-order valence-electron chi connectivity index (χ3n) is 3.24. The fourth-order valence-electron chi connectivity index (χ4n) is 1.85. The van der Waals surface area contributed by atoms with Crippen molar-refractivity contribution in [2.75, 3.05) is 13.7 Å². The zero-order valence-corrected chi connectivity index (χ0v) is 12.1. The van der Waals surface area contributed by atoms with E-state index < -0.39 is 0 Å². The van der Waals surface area contributed by atoms with Gasteiger partial charge in [0, 0.05) is 13.2 Å². The molecule has 0 aromatic heterocycles. The molecule has 1 aromatic rings. The van der Waals surface area contributed by atoms with Gasteiger partial charge in [-0.05, 0) is 44.5 Å². The molecule has 0 bridgehead atoms. The van der Waals surface area contributed by atoms with Crippen molar-refractivity contribution in [3.05, 3.63) is 34.6 Å². The van der Waals surface area contributed by atoms with Crippen LogP contribution in [-0.4, -0.2) is 25.3 Å². The number of nitrogens with one attached hydrogen (secondary N) is 1. The fraction of sp³-hybridized carbons (Fsp3) is 0.571. The first-order valence-electron chi connectivity index (χ1n) is 6.13. The van der Waals surface area contributed by atoms with E-state index in [0.29, 0.717) is 6.42 Å². The summed E-state index contributed by atoms with van der Waals surface area (Å²) in [6.45, 7) is 6.92. The maximum Gasteiger partial charge on any atom is 0.142 e. The minimum absolute atomic E-state index is 0.119. The molecule has 0 aliphatic heterocycles. The molecule has 1 atom stereocenters. The number of ether oxygens (including phenoxy) is 1. The summed E-state index contributed by atoms with van der Waals surface area (Å²) in [6, 6.07) is 5.04. The minimum atomic E-state index is -0.375. The lowest BCUT2D eigenvalue weighted by molar-refractivity contribution is -0.00961. The van der Waals surface area contributed by atoms with E-state index in [2.05, 4.69) is 5.32 Å².